The van der Waals surface area contributed by atoms with E-state index in [9.17, 15) is 29.4 Å². The summed E-state index contributed by atoms with van der Waals surface area (Å²) in [5, 5.41) is 20.0. The number of carboxylic acid groups (broad SMARTS) is 2. The molecule has 0 atom stereocenters. The maximum atomic E-state index is 11.0. The van der Waals surface area contributed by atoms with Crippen LogP contribution in [-0.2, 0) is 41.9 Å². The van der Waals surface area contributed by atoms with Gasteiger partial charge in [0.05, 0.1) is 11.9 Å². The predicted molar refractivity (Wildman–Crippen MR) is 194 cm³/mol. The van der Waals surface area contributed by atoms with Crippen molar-refractivity contribution in [3.63, 3.8) is 0 Å². The summed E-state index contributed by atoms with van der Waals surface area (Å²) in [4.78, 5) is 42.0. The number of hydrogen-bond donors (Lipinski definition) is 0. The molecular formula is C40H58O8Sn. The van der Waals surface area contributed by atoms with Gasteiger partial charge in [0, 0.05) is 12.2 Å². The first kappa shape index (κ1) is 50.0. The van der Waals surface area contributed by atoms with Crippen molar-refractivity contribution in [3.8, 4) is 0 Å². The van der Waals surface area contributed by atoms with Crippen molar-refractivity contribution in [2.45, 2.75) is 132 Å². The first-order valence-corrected chi connectivity index (χ1v) is 17.2. The third kappa shape index (κ3) is 37.3. The largest absolute Gasteiger partial charge is 2.00 e. The maximum absolute atomic E-state index is 11.0. The van der Waals surface area contributed by atoms with Crippen molar-refractivity contribution in [2.75, 3.05) is 0 Å². The molecule has 0 N–H and O–H groups in total. The van der Waals surface area contributed by atoms with E-state index in [0.717, 1.165) is 34.4 Å². The molecular weight excluding hydrogens is 727 g/mol. The summed E-state index contributed by atoms with van der Waals surface area (Å²) in [5.41, 5.74) is 3.93. The fourth-order valence-corrected chi connectivity index (χ4v) is 3.75. The van der Waals surface area contributed by atoms with Crippen LogP contribution in [0.2, 0.25) is 0 Å². The van der Waals surface area contributed by atoms with E-state index in [2.05, 4.69) is 27.7 Å². The number of unbranched alkanes of at least 4 members (excludes halogenated alkanes) is 10. The van der Waals surface area contributed by atoms with Crippen LogP contribution in [0.4, 0.5) is 0 Å². The predicted octanol–water partition coefficient (Wildman–Crippen LogP) is 7.04. The number of carbonyl (C=O) groups excluding carboxylic acids is 4. The van der Waals surface area contributed by atoms with E-state index < -0.39 is 23.9 Å². The molecule has 2 aromatic rings. The van der Waals surface area contributed by atoms with Gasteiger partial charge in [0.25, 0.3) is 0 Å². The topological polar surface area (TPSA) is 133 Å². The van der Waals surface area contributed by atoms with Crippen LogP contribution in [0.5, 0.6) is 0 Å². The Labute approximate surface area is 312 Å². The summed E-state index contributed by atoms with van der Waals surface area (Å²) in [6, 6.07) is 15.0. The van der Waals surface area contributed by atoms with Crippen molar-refractivity contribution < 1.29 is 38.9 Å². The summed E-state index contributed by atoms with van der Waals surface area (Å²) >= 11 is 0. The van der Waals surface area contributed by atoms with Crippen molar-refractivity contribution >= 4 is 47.8 Å². The normalized spacial score (nSPS) is 9.92. The summed E-state index contributed by atoms with van der Waals surface area (Å²) in [5.74, 6) is -4.26. The van der Waals surface area contributed by atoms with Gasteiger partial charge in [-0.1, -0.05) is 164 Å². The minimum absolute atomic E-state index is 0. The van der Waals surface area contributed by atoms with Crippen molar-refractivity contribution in [3.05, 3.63) is 95.1 Å². The van der Waals surface area contributed by atoms with E-state index >= 15 is 0 Å². The van der Waals surface area contributed by atoms with Crippen LogP contribution in [-0.4, -0.2) is 47.8 Å². The molecule has 0 amide bonds. The average Bonchev–Trinajstić information content (AvgIpc) is 3.07. The Morgan fingerprint density at radius 1 is 0.490 bits per heavy atom. The van der Waals surface area contributed by atoms with Crippen LogP contribution in [0.25, 0.3) is 0 Å². The van der Waals surface area contributed by atoms with Crippen LogP contribution >= 0.6 is 0 Å². The Balaban J connectivity index is -0.000000603. The Bertz CT molecular complexity index is 1070. The third-order valence-electron chi connectivity index (χ3n) is 6.63. The molecule has 0 spiro atoms. The number of aryl methyl sites for hydroxylation is 2. The van der Waals surface area contributed by atoms with Gasteiger partial charge in [-0.3, -0.25) is 0 Å². The first-order valence-electron chi connectivity index (χ1n) is 17.2. The first-order chi connectivity index (χ1) is 23.0. The Morgan fingerprint density at radius 3 is 0.980 bits per heavy atom. The number of rotatable bonds is 18. The number of carboxylic acids is 2. The molecule has 8 nitrogen and oxygen atoms in total. The Kier molecular flexibility index (Phi) is 36.6. The fourth-order valence-electron chi connectivity index (χ4n) is 3.75. The van der Waals surface area contributed by atoms with Crippen molar-refractivity contribution in [1.82, 2.24) is 0 Å². The molecule has 2 aromatic carbocycles. The minimum atomic E-state index is -1.42. The van der Waals surface area contributed by atoms with Crippen LogP contribution in [0, 0.1) is 13.8 Å². The van der Waals surface area contributed by atoms with Crippen LogP contribution in [0.15, 0.2) is 72.8 Å². The minimum Gasteiger partial charge on any atom is -0.545 e. The van der Waals surface area contributed by atoms with Gasteiger partial charge in [0.15, 0.2) is 0 Å². The zero-order chi connectivity index (χ0) is 36.4. The molecule has 2 radical (unpaired) electrons. The van der Waals surface area contributed by atoms with Gasteiger partial charge in [0.2, 0.25) is 0 Å². The Morgan fingerprint density at radius 2 is 0.755 bits per heavy atom. The van der Waals surface area contributed by atoms with E-state index in [1.54, 1.807) is 0 Å². The zero-order valence-corrected chi connectivity index (χ0v) is 33.4. The van der Waals surface area contributed by atoms with Gasteiger partial charge in [0.1, 0.15) is 13.2 Å². The number of aliphatic carboxylic acids is 2. The molecule has 0 saturated carbocycles. The molecule has 0 bridgehead atoms. The second-order valence-corrected chi connectivity index (χ2v) is 11.3. The molecule has 49 heavy (non-hydrogen) atoms. The van der Waals surface area contributed by atoms with E-state index in [4.69, 9.17) is 9.47 Å². The van der Waals surface area contributed by atoms with E-state index in [1.807, 2.05) is 62.4 Å². The summed E-state index contributed by atoms with van der Waals surface area (Å²) in [6.07, 6.45) is 19.9. The molecule has 0 unspecified atom stereocenters. The van der Waals surface area contributed by atoms with Gasteiger partial charge in [-0.2, -0.15) is 0 Å². The van der Waals surface area contributed by atoms with Gasteiger partial charge in [-0.25, -0.2) is 9.59 Å². The number of carbonyl (C=O) groups is 4. The molecule has 0 fully saturated rings. The molecule has 0 saturated heterocycles. The number of benzene rings is 2. The Hall–Kier alpha value is -3.40. The zero-order valence-electron chi connectivity index (χ0n) is 30.6. The van der Waals surface area contributed by atoms with E-state index in [-0.39, 0.29) is 37.1 Å². The molecule has 0 aliphatic heterocycles. The van der Waals surface area contributed by atoms with E-state index in [0.29, 0.717) is 12.2 Å². The second kappa shape index (κ2) is 35.9. The number of ether oxygens (including phenoxy) is 2. The van der Waals surface area contributed by atoms with Gasteiger partial charge in [-0.15, -0.1) is 0 Å². The maximum Gasteiger partial charge on any atom is 2.00 e. The standard InChI is InChI=1S/2C12H12O4.2C8H18.Sn/c2*1-9-2-4-10(5-3-9)8-16-12(15)7-6-11(13)14;2*1-3-5-7-8-6-4-2;/h2*2-7H,8H2,1H3,(H,13,14);2*3-8H2,1-2H3;/q;;;;+2/p-2/b2*7-6-;;;. The summed E-state index contributed by atoms with van der Waals surface area (Å²) in [6.45, 7) is 13.2. The summed E-state index contributed by atoms with van der Waals surface area (Å²) in [7, 11) is 0. The number of esters is 2. The molecule has 0 aliphatic rings. The fraction of sp³-hybridized carbons (Fsp3) is 0.500. The third-order valence-corrected chi connectivity index (χ3v) is 6.63. The quantitative estimate of drug-likeness (QED) is 0.0681. The van der Waals surface area contributed by atoms with Gasteiger partial charge in [-0.05, 0) is 37.1 Å². The number of hydrogen-bond acceptors (Lipinski definition) is 8. The molecule has 0 heterocycles. The van der Waals surface area contributed by atoms with Gasteiger partial charge >= 0.3 is 35.8 Å². The van der Waals surface area contributed by atoms with Crippen LogP contribution in [0.1, 0.15) is 127 Å². The second-order valence-electron chi connectivity index (χ2n) is 11.3. The smallest absolute Gasteiger partial charge is 0.545 e. The molecule has 0 aromatic heterocycles. The molecule has 2 rings (SSSR count). The van der Waals surface area contributed by atoms with Crippen LogP contribution in [0.3, 0.4) is 0 Å². The average molecular weight is 786 g/mol. The summed E-state index contributed by atoms with van der Waals surface area (Å²) < 4.78 is 9.60. The van der Waals surface area contributed by atoms with Crippen LogP contribution < -0.4 is 10.2 Å². The molecule has 0 aliphatic carbocycles. The van der Waals surface area contributed by atoms with Crippen molar-refractivity contribution in [2.24, 2.45) is 0 Å². The van der Waals surface area contributed by atoms with E-state index in [1.165, 1.54) is 77.0 Å². The monoisotopic (exact) mass is 786 g/mol. The molecule has 9 heteroatoms. The van der Waals surface area contributed by atoms with Gasteiger partial charge < -0.3 is 29.3 Å². The SMILES string of the molecule is CCCCCCCC.CCCCCCCC.Cc1ccc(COC(=O)/C=C\C(=O)[O-])cc1.Cc1ccc(COC(=O)/C=C\C(=O)[O-])cc1.[Sn+2]. The van der Waals surface area contributed by atoms with Crippen molar-refractivity contribution in [1.29, 1.82) is 0 Å². The molecule has 270 valence electrons.